The van der Waals surface area contributed by atoms with E-state index in [1.165, 1.54) is 23.1 Å². The molecule has 2 heterocycles. The third-order valence-corrected chi connectivity index (χ3v) is 11.1. The molecule has 1 aliphatic rings. The first kappa shape index (κ1) is 43.2. The van der Waals surface area contributed by atoms with Crippen molar-refractivity contribution < 1.29 is 65.2 Å². The maximum atomic E-state index is 11.4. The van der Waals surface area contributed by atoms with Gasteiger partial charge in [-0.15, -0.1) is 0 Å². The first-order valence-corrected chi connectivity index (χ1v) is 19.1. The van der Waals surface area contributed by atoms with Crippen molar-refractivity contribution in [3.63, 3.8) is 0 Å². The third kappa shape index (κ3) is 11.7. The number of carbonyl (C=O) groups is 4. The third-order valence-electron chi connectivity index (χ3n) is 8.14. The van der Waals surface area contributed by atoms with Crippen molar-refractivity contribution >= 4 is 60.6 Å². The topological polar surface area (TPSA) is 132 Å². The van der Waals surface area contributed by atoms with Crippen LogP contribution in [0, 0.1) is 0 Å². The molecule has 1 saturated heterocycles. The van der Waals surface area contributed by atoms with Crippen molar-refractivity contribution in [3.8, 4) is 16.9 Å². The van der Waals surface area contributed by atoms with Crippen LogP contribution >= 0.6 is 7.92 Å². The molecule has 14 heteroatoms. The van der Waals surface area contributed by atoms with E-state index < -0.39 is 61.7 Å². The Morgan fingerprint density at radius 2 is 1.11 bits per heavy atom. The van der Waals surface area contributed by atoms with Crippen LogP contribution < -0.4 is 16.2 Å². The molecule has 1 aliphatic heterocycles. The van der Waals surface area contributed by atoms with E-state index in [0.717, 1.165) is 37.7 Å². The summed E-state index contributed by atoms with van der Waals surface area (Å²) in [5, 5.41) is 2.66. The van der Waals surface area contributed by atoms with Gasteiger partial charge in [-0.2, -0.15) is 0 Å². The zero-order valence-electron chi connectivity index (χ0n) is 30.5. The number of hydrogen-bond donors (Lipinski definition) is 0. The summed E-state index contributed by atoms with van der Waals surface area (Å²) in [6.07, 6.45) is -2.45. The molecule has 5 aromatic rings. The maximum absolute atomic E-state index is 11.4. The fraction of sp³-hybridized carbons (Fsp3) is 0.244. The second-order valence-electron chi connectivity index (χ2n) is 12.2. The van der Waals surface area contributed by atoms with Gasteiger partial charge in [-0.1, -0.05) is 84.9 Å². The van der Waals surface area contributed by atoms with Crippen LogP contribution in [0.2, 0.25) is 0 Å². The van der Waals surface area contributed by atoms with E-state index in [-0.39, 0.29) is 29.0 Å². The van der Waals surface area contributed by atoms with Gasteiger partial charge in [-0.25, -0.2) is 4.98 Å². The van der Waals surface area contributed by atoms with Crippen molar-refractivity contribution in [2.75, 3.05) is 6.61 Å². The molecule has 0 spiro atoms. The molecule has 0 aliphatic carbocycles. The Labute approximate surface area is 342 Å². The minimum Gasteiger partial charge on any atom is -0.757 e. The van der Waals surface area contributed by atoms with Crippen LogP contribution in [0.15, 0.2) is 128 Å². The Hall–Kier alpha value is -4.55. The Morgan fingerprint density at radius 3 is 1.60 bits per heavy atom. The molecule has 6 rings (SSSR count). The predicted octanol–water partition coefficient (Wildman–Crippen LogP) is 4.64. The van der Waals surface area contributed by atoms with E-state index in [4.69, 9.17) is 41.3 Å². The van der Waals surface area contributed by atoms with Gasteiger partial charge < -0.3 is 36.3 Å². The van der Waals surface area contributed by atoms with Crippen LogP contribution in [0.4, 0.5) is 0 Å². The van der Waals surface area contributed by atoms with Crippen LogP contribution in [-0.4, -0.2) is 69.9 Å². The van der Waals surface area contributed by atoms with Crippen LogP contribution in [-0.2, 0) is 77.9 Å². The first-order chi connectivity index (χ1) is 26.0. The number of aromatic nitrogens is 2. The molecule has 55 heavy (non-hydrogen) atoms. The molecule has 5 atom stereocenters. The standard InChI is InChI=1S/C27H21N2P.C14H20O9S.Au/c1-5-13-22(14-6-1)26-21-28-27(29(26)23-15-7-2-8-16-23)30(24-17-9-3-10-18-24)25-19-11-4-12-20-25;1-6(15)19-5-10-11(20-7(2)16)12(21-8(3)17)13(14(24)23-10)22-9(4)18;/h1-21H;10-14,24H,5H2,1-4H3;. The Bertz CT molecular complexity index is 1970. The van der Waals surface area contributed by atoms with Gasteiger partial charge in [-0.05, 0) is 41.8 Å². The number of rotatable bonds is 10. The monoisotopic (exact) mass is 965 g/mol. The van der Waals surface area contributed by atoms with Gasteiger partial charge in [0.2, 0.25) is 0 Å². The largest absolute Gasteiger partial charge is 0.757 e. The van der Waals surface area contributed by atoms with Gasteiger partial charge in [0.15, 0.2) is 12.2 Å². The summed E-state index contributed by atoms with van der Waals surface area (Å²) >= 11 is 5.11. The van der Waals surface area contributed by atoms with Crippen LogP contribution in [0.3, 0.4) is 0 Å². The first-order valence-electron chi connectivity index (χ1n) is 17.2. The smallest absolute Gasteiger partial charge is 0.303 e. The van der Waals surface area contributed by atoms with E-state index >= 15 is 0 Å². The molecular formula is C41H41AuN2O9PS. The number of hydrogen-bond acceptors (Lipinski definition) is 11. The molecular weight excluding hydrogens is 924 g/mol. The van der Waals surface area contributed by atoms with E-state index in [1.807, 2.05) is 6.20 Å². The molecule has 1 fully saturated rings. The quantitative estimate of drug-likeness (QED) is 0.0638. The molecule has 0 saturated carbocycles. The Kier molecular flexibility index (Phi) is 16.4. The van der Waals surface area contributed by atoms with E-state index in [1.54, 1.807) is 0 Å². The van der Waals surface area contributed by atoms with E-state index in [9.17, 15) is 19.2 Å². The van der Waals surface area contributed by atoms with Crippen molar-refractivity contribution in [2.24, 2.45) is 0 Å². The van der Waals surface area contributed by atoms with Crippen molar-refractivity contribution in [2.45, 2.75) is 57.5 Å². The van der Waals surface area contributed by atoms with Gasteiger partial charge in [0, 0.05) is 55.6 Å². The second kappa shape index (κ2) is 20.9. The normalized spacial score (nSPS) is 18.8. The average molecular weight is 966 g/mol. The number of carbonyl (C=O) groups excluding carboxylic acids is 4. The number of benzene rings is 4. The van der Waals surface area contributed by atoms with E-state index in [2.05, 4.69) is 126 Å². The predicted molar refractivity (Wildman–Crippen MR) is 208 cm³/mol. The van der Waals surface area contributed by atoms with Gasteiger partial charge in [-0.3, -0.25) is 23.7 Å². The summed E-state index contributed by atoms with van der Waals surface area (Å²) in [7, 11) is -1.29. The summed E-state index contributed by atoms with van der Waals surface area (Å²) in [5.41, 5.74) is 3.44. The molecule has 1 aromatic heterocycles. The molecule has 5 unspecified atom stereocenters. The number of ether oxygens (including phenoxy) is 5. The summed E-state index contributed by atoms with van der Waals surface area (Å²) in [6.45, 7) is 4.36. The number of para-hydroxylation sites is 1. The van der Waals surface area contributed by atoms with Crippen LogP contribution in [0.25, 0.3) is 16.9 Å². The zero-order chi connectivity index (χ0) is 38.6. The summed E-state index contributed by atoms with van der Waals surface area (Å²) < 4.78 is 28.0. The second-order valence-corrected chi connectivity index (χ2v) is 15.0. The number of nitrogens with zero attached hydrogens (tertiary/aromatic N) is 2. The summed E-state index contributed by atoms with van der Waals surface area (Å²) in [6, 6.07) is 42.6. The molecule has 0 N–H and O–H groups in total. The average Bonchev–Trinajstić information content (AvgIpc) is 3.59. The molecule has 11 nitrogen and oxygen atoms in total. The fourth-order valence-electron chi connectivity index (χ4n) is 6.00. The van der Waals surface area contributed by atoms with Crippen molar-refractivity contribution in [3.05, 3.63) is 128 Å². The summed E-state index contributed by atoms with van der Waals surface area (Å²) in [5.74, 6) is -2.62. The minimum atomic E-state index is -1.29. The number of imidazole rings is 1. The molecule has 4 aromatic carbocycles. The molecule has 0 bridgehead atoms. The Balaban J connectivity index is 0.000000248. The van der Waals surface area contributed by atoms with Crippen LogP contribution in [0.5, 0.6) is 0 Å². The van der Waals surface area contributed by atoms with Gasteiger partial charge in [0.25, 0.3) is 5.57 Å². The summed E-state index contributed by atoms with van der Waals surface area (Å²) in [4.78, 5) is 50.1. The van der Waals surface area contributed by atoms with Crippen molar-refractivity contribution in [1.82, 2.24) is 9.55 Å². The van der Waals surface area contributed by atoms with Gasteiger partial charge in [0.05, 0.1) is 17.6 Å². The minimum absolute atomic E-state index is 0. The van der Waals surface area contributed by atoms with Gasteiger partial charge >= 0.3 is 23.9 Å². The zero-order valence-corrected chi connectivity index (χ0v) is 34.5. The Morgan fingerprint density at radius 1 is 0.655 bits per heavy atom. The van der Waals surface area contributed by atoms with Crippen molar-refractivity contribution in [1.29, 1.82) is 0 Å². The molecule has 291 valence electrons. The molecule has 1 radical (unpaired) electrons. The van der Waals surface area contributed by atoms with E-state index in [0.29, 0.717) is 0 Å². The molecule has 0 amide bonds. The maximum Gasteiger partial charge on any atom is 0.303 e. The van der Waals surface area contributed by atoms with Gasteiger partial charge in [0.1, 0.15) is 37.3 Å². The van der Waals surface area contributed by atoms with Crippen LogP contribution in [0.1, 0.15) is 27.7 Å². The fourth-order valence-corrected chi connectivity index (χ4v) is 8.92. The SMILES string of the molecule is CC(=O)OCC1OC([S-])C(OC(C)=O)C(OC(C)=O)C1OC(C)=O.[Au].c1ccc(-c2cnc([PH+](c3ccccc3)c3ccccc3)n2-c2ccccc2)cc1. The number of esters is 4.